The molecule has 3 heteroatoms. The Kier molecular flexibility index (Phi) is 4.37. The van der Waals surface area contributed by atoms with Crippen LogP contribution < -0.4 is 5.32 Å². The Hall–Kier alpha value is -1.28. The lowest BCUT2D eigenvalue weighted by Crippen LogP contribution is -2.20. The zero-order valence-electron chi connectivity index (χ0n) is 8.88. The van der Waals surface area contributed by atoms with Crippen LogP contribution in [0.15, 0.2) is 35.9 Å². The van der Waals surface area contributed by atoms with Crippen molar-refractivity contribution in [3.05, 3.63) is 46.5 Å². The fraction of sp³-hybridized carbons (Fsp3) is 0.250. The van der Waals surface area contributed by atoms with Crippen LogP contribution in [-0.2, 0) is 11.3 Å². The van der Waals surface area contributed by atoms with Gasteiger partial charge in [-0.2, -0.15) is 0 Å². The van der Waals surface area contributed by atoms with E-state index in [4.69, 9.17) is 11.6 Å². The topological polar surface area (TPSA) is 29.1 Å². The minimum Gasteiger partial charge on any atom is -0.348 e. The number of hydrogen-bond donors (Lipinski definition) is 1. The van der Waals surface area contributed by atoms with Crippen LogP contribution in [0.4, 0.5) is 0 Å². The van der Waals surface area contributed by atoms with Crippen molar-refractivity contribution in [2.24, 2.45) is 0 Å². The molecule has 1 aromatic rings. The summed E-state index contributed by atoms with van der Waals surface area (Å²) >= 11 is 5.82. The average molecular weight is 224 g/mol. The predicted molar refractivity (Wildman–Crippen MR) is 62.7 cm³/mol. The van der Waals surface area contributed by atoms with Crippen LogP contribution >= 0.6 is 11.6 Å². The molecule has 0 saturated carbocycles. The Labute approximate surface area is 94.9 Å². The Morgan fingerprint density at radius 2 is 2.20 bits per heavy atom. The predicted octanol–water partition coefficient (Wildman–Crippen LogP) is 2.92. The van der Waals surface area contributed by atoms with Crippen LogP contribution in [0.1, 0.15) is 19.4 Å². The van der Waals surface area contributed by atoms with E-state index in [1.165, 1.54) is 0 Å². The smallest absolute Gasteiger partial charge is 0.244 e. The molecule has 1 aromatic carbocycles. The first kappa shape index (κ1) is 11.8. The van der Waals surface area contributed by atoms with Gasteiger partial charge in [0.25, 0.3) is 0 Å². The molecule has 0 aromatic heterocycles. The van der Waals surface area contributed by atoms with Gasteiger partial charge in [0.1, 0.15) is 0 Å². The van der Waals surface area contributed by atoms with Crippen molar-refractivity contribution in [2.45, 2.75) is 20.4 Å². The van der Waals surface area contributed by atoms with Crippen molar-refractivity contribution in [1.82, 2.24) is 5.32 Å². The van der Waals surface area contributed by atoms with Gasteiger partial charge >= 0.3 is 0 Å². The first-order chi connectivity index (χ1) is 7.08. The maximum Gasteiger partial charge on any atom is 0.244 e. The summed E-state index contributed by atoms with van der Waals surface area (Å²) in [6.07, 6.45) is 1.57. The number of halogens is 1. The van der Waals surface area contributed by atoms with E-state index in [0.29, 0.717) is 11.6 Å². The fourth-order valence-electron chi connectivity index (χ4n) is 1.15. The van der Waals surface area contributed by atoms with Crippen molar-refractivity contribution in [3.63, 3.8) is 0 Å². The Morgan fingerprint density at radius 3 is 2.80 bits per heavy atom. The fourth-order valence-corrected chi connectivity index (χ4v) is 1.36. The summed E-state index contributed by atoms with van der Waals surface area (Å²) in [7, 11) is 0. The van der Waals surface area contributed by atoms with Crippen LogP contribution in [0, 0.1) is 0 Å². The lowest BCUT2D eigenvalue weighted by Gasteiger charge is -2.03. The number of rotatable bonds is 3. The van der Waals surface area contributed by atoms with Gasteiger partial charge in [0.2, 0.25) is 5.91 Å². The highest BCUT2D eigenvalue weighted by Crippen LogP contribution is 2.10. The van der Waals surface area contributed by atoms with Crippen molar-refractivity contribution in [1.29, 1.82) is 0 Å². The SMILES string of the molecule is CC(C)=CC(=O)NCc1cccc(Cl)c1. The summed E-state index contributed by atoms with van der Waals surface area (Å²) in [5.41, 5.74) is 1.98. The van der Waals surface area contributed by atoms with E-state index in [2.05, 4.69) is 5.32 Å². The van der Waals surface area contributed by atoms with Gasteiger partial charge in [0.05, 0.1) is 0 Å². The molecule has 2 nitrogen and oxygen atoms in total. The van der Waals surface area contributed by atoms with Gasteiger partial charge in [-0.05, 0) is 31.5 Å². The summed E-state index contributed by atoms with van der Waals surface area (Å²) in [5, 5.41) is 3.47. The van der Waals surface area contributed by atoms with E-state index < -0.39 is 0 Å². The number of nitrogens with one attached hydrogen (secondary N) is 1. The third-order valence-electron chi connectivity index (χ3n) is 1.78. The first-order valence-corrected chi connectivity index (χ1v) is 5.13. The molecule has 0 unspecified atom stereocenters. The van der Waals surface area contributed by atoms with Crippen molar-refractivity contribution >= 4 is 17.5 Å². The van der Waals surface area contributed by atoms with Gasteiger partial charge in [-0.3, -0.25) is 4.79 Å². The molecule has 0 bridgehead atoms. The molecule has 1 rings (SSSR count). The molecule has 0 aliphatic heterocycles. The Bertz CT molecular complexity index is 381. The lowest BCUT2D eigenvalue weighted by atomic mass is 10.2. The summed E-state index contributed by atoms with van der Waals surface area (Å²) in [4.78, 5) is 11.3. The molecule has 0 aliphatic carbocycles. The minimum atomic E-state index is -0.0741. The largest absolute Gasteiger partial charge is 0.348 e. The summed E-state index contributed by atoms with van der Waals surface area (Å²) in [6.45, 7) is 4.28. The number of benzene rings is 1. The van der Waals surface area contributed by atoms with E-state index in [-0.39, 0.29) is 5.91 Å². The quantitative estimate of drug-likeness (QED) is 0.785. The molecule has 15 heavy (non-hydrogen) atoms. The van der Waals surface area contributed by atoms with E-state index in [0.717, 1.165) is 11.1 Å². The molecular formula is C12H14ClNO. The molecule has 0 aliphatic rings. The van der Waals surface area contributed by atoms with E-state index >= 15 is 0 Å². The Morgan fingerprint density at radius 1 is 1.47 bits per heavy atom. The number of allylic oxidation sites excluding steroid dienone is 1. The zero-order chi connectivity index (χ0) is 11.3. The molecule has 0 heterocycles. The maximum absolute atomic E-state index is 11.3. The molecule has 0 atom stereocenters. The van der Waals surface area contributed by atoms with Crippen LogP contribution in [-0.4, -0.2) is 5.91 Å². The van der Waals surface area contributed by atoms with E-state index in [9.17, 15) is 4.79 Å². The Balaban J connectivity index is 2.51. The molecule has 1 N–H and O–H groups in total. The third-order valence-corrected chi connectivity index (χ3v) is 2.01. The first-order valence-electron chi connectivity index (χ1n) is 4.75. The zero-order valence-corrected chi connectivity index (χ0v) is 9.64. The molecule has 0 radical (unpaired) electrons. The second-order valence-electron chi connectivity index (χ2n) is 3.57. The molecule has 1 amide bonds. The molecule has 0 saturated heterocycles. The monoisotopic (exact) mass is 223 g/mol. The van der Waals surface area contributed by atoms with Crippen LogP contribution in [0.25, 0.3) is 0 Å². The third kappa shape index (κ3) is 4.66. The van der Waals surface area contributed by atoms with Gasteiger partial charge in [-0.15, -0.1) is 0 Å². The van der Waals surface area contributed by atoms with Crippen molar-refractivity contribution < 1.29 is 4.79 Å². The standard InChI is InChI=1S/C12H14ClNO/c1-9(2)6-12(15)14-8-10-4-3-5-11(13)7-10/h3-7H,8H2,1-2H3,(H,14,15). The van der Waals surface area contributed by atoms with E-state index in [1.807, 2.05) is 38.1 Å². The van der Waals surface area contributed by atoms with Crippen molar-refractivity contribution in [2.75, 3.05) is 0 Å². The number of carbonyl (C=O) groups is 1. The van der Waals surface area contributed by atoms with Crippen molar-refractivity contribution in [3.8, 4) is 0 Å². The van der Waals surface area contributed by atoms with E-state index in [1.54, 1.807) is 6.08 Å². The van der Waals surface area contributed by atoms with Gasteiger partial charge in [0.15, 0.2) is 0 Å². The number of amides is 1. The number of carbonyl (C=O) groups excluding carboxylic acids is 1. The average Bonchev–Trinajstić information content (AvgIpc) is 2.14. The van der Waals surface area contributed by atoms with Crippen LogP contribution in [0.3, 0.4) is 0 Å². The van der Waals surface area contributed by atoms with Crippen LogP contribution in [0.2, 0.25) is 5.02 Å². The summed E-state index contributed by atoms with van der Waals surface area (Å²) in [5.74, 6) is -0.0741. The van der Waals surface area contributed by atoms with Gasteiger partial charge in [-0.25, -0.2) is 0 Å². The minimum absolute atomic E-state index is 0.0741. The normalized spacial score (nSPS) is 9.53. The molecular weight excluding hydrogens is 210 g/mol. The summed E-state index contributed by atoms with van der Waals surface area (Å²) in [6, 6.07) is 7.44. The highest BCUT2D eigenvalue weighted by atomic mass is 35.5. The van der Waals surface area contributed by atoms with Gasteiger partial charge in [-0.1, -0.05) is 29.3 Å². The summed E-state index contributed by atoms with van der Waals surface area (Å²) < 4.78 is 0. The molecule has 80 valence electrons. The second kappa shape index (κ2) is 5.56. The highest BCUT2D eigenvalue weighted by Gasteiger charge is 1.97. The van der Waals surface area contributed by atoms with Gasteiger partial charge < -0.3 is 5.32 Å². The second-order valence-corrected chi connectivity index (χ2v) is 4.01. The maximum atomic E-state index is 11.3. The molecule has 0 spiro atoms. The van der Waals surface area contributed by atoms with Gasteiger partial charge in [0, 0.05) is 17.6 Å². The molecule has 0 fully saturated rings. The highest BCUT2D eigenvalue weighted by molar-refractivity contribution is 6.30. The number of hydrogen-bond acceptors (Lipinski definition) is 1. The lowest BCUT2D eigenvalue weighted by molar-refractivity contribution is -0.116. The van der Waals surface area contributed by atoms with Crippen LogP contribution in [0.5, 0.6) is 0 Å².